The van der Waals surface area contributed by atoms with Crippen LogP contribution in [-0.4, -0.2) is 27.2 Å². The number of hydrogen-bond acceptors (Lipinski definition) is 5. The summed E-state index contributed by atoms with van der Waals surface area (Å²) in [5.74, 6) is -0.872. The summed E-state index contributed by atoms with van der Waals surface area (Å²) in [6.45, 7) is 2.03. The van der Waals surface area contributed by atoms with E-state index in [1.165, 1.54) is 0 Å². The molecule has 0 aliphatic heterocycles. The smallest absolute Gasteiger partial charge is 0.328 e. The lowest BCUT2D eigenvalue weighted by Crippen LogP contribution is -2.25. The van der Waals surface area contributed by atoms with Gasteiger partial charge < -0.3 is 5.11 Å². The van der Waals surface area contributed by atoms with Crippen molar-refractivity contribution < 1.29 is 9.90 Å². The number of unbranched alkanes of at least 4 members (excludes halogenated alkanes) is 2. The average molecular weight is 268 g/mol. The maximum absolute atomic E-state index is 11.3. The minimum Gasteiger partial charge on any atom is -0.494 e. The molecule has 4 N–H and O–H groups in total. The van der Waals surface area contributed by atoms with Crippen LogP contribution >= 0.6 is 0 Å². The topological polar surface area (TPSA) is 127 Å². The van der Waals surface area contributed by atoms with Crippen LogP contribution in [0.25, 0.3) is 0 Å². The second-order valence-electron chi connectivity index (χ2n) is 3.92. The average Bonchev–Trinajstić information content (AvgIpc) is 2.32. The van der Waals surface area contributed by atoms with E-state index in [4.69, 9.17) is 0 Å². The third kappa shape index (κ3) is 4.78. The van der Waals surface area contributed by atoms with E-state index in [-0.39, 0.29) is 11.5 Å². The second kappa shape index (κ2) is 7.14. The molecule has 0 spiro atoms. The largest absolute Gasteiger partial charge is 0.494 e. The molecule has 0 unspecified atom stereocenters. The van der Waals surface area contributed by atoms with Crippen LogP contribution in [0.5, 0.6) is 5.88 Å². The number of nitrogens with zero attached hydrogens (tertiary/aromatic N) is 1. The lowest BCUT2D eigenvalue weighted by atomic mass is 10.2. The normalized spacial score (nSPS) is 10.8. The highest BCUT2D eigenvalue weighted by Gasteiger charge is 2.05. The minimum absolute atomic E-state index is 0.228. The molecule has 0 aliphatic carbocycles. The molecule has 0 fully saturated rings. The Morgan fingerprint density at radius 1 is 1.37 bits per heavy atom. The number of rotatable bonds is 6. The number of aromatic amines is 2. The zero-order valence-corrected chi connectivity index (χ0v) is 10.5. The van der Waals surface area contributed by atoms with Gasteiger partial charge in [0.15, 0.2) is 0 Å². The fourth-order valence-corrected chi connectivity index (χ4v) is 1.36. The van der Waals surface area contributed by atoms with Gasteiger partial charge in [0.25, 0.3) is 5.56 Å². The van der Waals surface area contributed by atoms with Gasteiger partial charge in [0, 0.05) is 6.42 Å². The van der Waals surface area contributed by atoms with E-state index >= 15 is 0 Å². The molecule has 0 saturated heterocycles. The number of H-pyrrole nitrogens is 2. The van der Waals surface area contributed by atoms with E-state index in [1.54, 1.807) is 0 Å². The highest BCUT2D eigenvalue weighted by molar-refractivity contribution is 5.83. The Bertz CT molecular complexity index is 573. The van der Waals surface area contributed by atoms with Gasteiger partial charge in [-0.2, -0.15) is 5.10 Å². The number of hydrogen-bond donors (Lipinski definition) is 4. The summed E-state index contributed by atoms with van der Waals surface area (Å²) >= 11 is 0. The molecule has 8 heteroatoms. The predicted octanol–water partition coefficient (Wildman–Crippen LogP) is -0.201. The Hall–Kier alpha value is -2.38. The summed E-state index contributed by atoms with van der Waals surface area (Å²) in [4.78, 5) is 37.3. The molecular formula is C11H16N4O4. The summed E-state index contributed by atoms with van der Waals surface area (Å²) < 4.78 is 0. The SMILES string of the molecule is CCCCCC(=O)N/N=C\c1c(O)[nH]c(=O)[nH]c1=O. The lowest BCUT2D eigenvalue weighted by Gasteiger charge is -1.99. The Morgan fingerprint density at radius 2 is 2.11 bits per heavy atom. The van der Waals surface area contributed by atoms with E-state index in [9.17, 15) is 19.5 Å². The third-order valence-corrected chi connectivity index (χ3v) is 2.35. The van der Waals surface area contributed by atoms with Crippen LogP contribution < -0.4 is 16.7 Å². The standard InChI is InChI=1S/C11H16N4O4/c1-2-3-4-5-8(16)15-12-6-7-9(17)13-11(19)14-10(7)18/h6H,2-5H2,1H3,(H,15,16)(H3,13,14,17,18,19)/b12-6-. The van der Waals surface area contributed by atoms with Gasteiger partial charge in [-0.3, -0.25) is 19.6 Å². The zero-order chi connectivity index (χ0) is 14.3. The first-order chi connectivity index (χ1) is 9.04. The van der Waals surface area contributed by atoms with Crippen LogP contribution in [-0.2, 0) is 4.79 Å². The van der Waals surface area contributed by atoms with Crippen molar-refractivity contribution in [3.8, 4) is 5.88 Å². The van der Waals surface area contributed by atoms with Crippen molar-refractivity contribution in [2.75, 3.05) is 0 Å². The van der Waals surface area contributed by atoms with E-state index in [1.807, 2.05) is 16.9 Å². The summed E-state index contributed by atoms with van der Waals surface area (Å²) in [5.41, 5.74) is 0.402. The van der Waals surface area contributed by atoms with Gasteiger partial charge in [-0.25, -0.2) is 10.2 Å². The van der Waals surface area contributed by atoms with Gasteiger partial charge in [-0.1, -0.05) is 19.8 Å². The van der Waals surface area contributed by atoms with Gasteiger partial charge >= 0.3 is 5.69 Å². The van der Waals surface area contributed by atoms with Crippen molar-refractivity contribution in [3.05, 3.63) is 26.4 Å². The molecule has 104 valence electrons. The van der Waals surface area contributed by atoms with Crippen molar-refractivity contribution in [3.63, 3.8) is 0 Å². The summed E-state index contributed by atoms with van der Waals surface area (Å²) in [6, 6.07) is 0. The molecule has 1 heterocycles. The summed E-state index contributed by atoms with van der Waals surface area (Å²) in [5, 5.41) is 12.9. The number of carbonyl (C=O) groups excluding carboxylic acids is 1. The number of amides is 1. The Labute approximate surface area is 108 Å². The molecule has 19 heavy (non-hydrogen) atoms. The predicted molar refractivity (Wildman–Crippen MR) is 69.2 cm³/mol. The third-order valence-electron chi connectivity index (χ3n) is 2.35. The highest BCUT2D eigenvalue weighted by atomic mass is 16.3. The van der Waals surface area contributed by atoms with E-state index in [0.717, 1.165) is 25.5 Å². The molecule has 1 rings (SSSR count). The van der Waals surface area contributed by atoms with Gasteiger partial charge in [0.05, 0.1) is 6.21 Å². The fourth-order valence-electron chi connectivity index (χ4n) is 1.36. The number of hydrazone groups is 1. The molecule has 0 aromatic carbocycles. The first-order valence-electron chi connectivity index (χ1n) is 5.92. The van der Waals surface area contributed by atoms with Gasteiger partial charge in [0.1, 0.15) is 5.56 Å². The van der Waals surface area contributed by atoms with Crippen molar-refractivity contribution in [2.24, 2.45) is 5.10 Å². The highest BCUT2D eigenvalue weighted by Crippen LogP contribution is 2.01. The number of carbonyl (C=O) groups is 1. The molecule has 0 aliphatic rings. The van der Waals surface area contributed by atoms with Gasteiger partial charge in [-0.15, -0.1) is 0 Å². The summed E-state index contributed by atoms with van der Waals surface area (Å²) in [7, 11) is 0. The van der Waals surface area contributed by atoms with E-state index in [0.29, 0.717) is 6.42 Å². The number of aromatic nitrogens is 2. The first kappa shape index (κ1) is 14.7. The molecular weight excluding hydrogens is 252 g/mol. The molecule has 1 aromatic rings. The monoisotopic (exact) mass is 268 g/mol. The first-order valence-corrected chi connectivity index (χ1v) is 5.92. The van der Waals surface area contributed by atoms with Crippen LogP contribution in [0, 0.1) is 0 Å². The molecule has 0 atom stereocenters. The van der Waals surface area contributed by atoms with Crippen LogP contribution in [0.2, 0.25) is 0 Å². The fraction of sp³-hybridized carbons (Fsp3) is 0.455. The molecule has 8 nitrogen and oxygen atoms in total. The Kier molecular flexibility index (Phi) is 5.52. The Morgan fingerprint density at radius 3 is 2.74 bits per heavy atom. The van der Waals surface area contributed by atoms with Crippen molar-refractivity contribution >= 4 is 12.1 Å². The van der Waals surface area contributed by atoms with Crippen LogP contribution in [0.4, 0.5) is 0 Å². The molecule has 0 saturated carbocycles. The van der Waals surface area contributed by atoms with Crippen LogP contribution in [0.3, 0.4) is 0 Å². The van der Waals surface area contributed by atoms with Gasteiger partial charge in [0.2, 0.25) is 11.8 Å². The van der Waals surface area contributed by atoms with E-state index in [2.05, 4.69) is 10.5 Å². The second-order valence-corrected chi connectivity index (χ2v) is 3.92. The molecule has 1 aromatic heterocycles. The van der Waals surface area contributed by atoms with E-state index < -0.39 is 17.1 Å². The number of nitrogens with one attached hydrogen (secondary N) is 3. The quantitative estimate of drug-likeness (QED) is 0.323. The maximum Gasteiger partial charge on any atom is 0.328 e. The lowest BCUT2D eigenvalue weighted by molar-refractivity contribution is -0.121. The Balaban J connectivity index is 2.61. The van der Waals surface area contributed by atoms with Crippen LogP contribution in [0.1, 0.15) is 38.2 Å². The molecule has 1 amide bonds. The maximum atomic E-state index is 11.3. The molecule has 0 radical (unpaired) electrons. The number of aromatic hydroxyl groups is 1. The molecule has 0 bridgehead atoms. The van der Waals surface area contributed by atoms with Gasteiger partial charge in [-0.05, 0) is 6.42 Å². The zero-order valence-electron chi connectivity index (χ0n) is 10.5. The minimum atomic E-state index is -0.816. The van der Waals surface area contributed by atoms with Crippen molar-refractivity contribution in [1.82, 2.24) is 15.4 Å². The van der Waals surface area contributed by atoms with Crippen molar-refractivity contribution in [2.45, 2.75) is 32.6 Å². The van der Waals surface area contributed by atoms with Crippen molar-refractivity contribution in [1.29, 1.82) is 0 Å². The van der Waals surface area contributed by atoms with Crippen LogP contribution in [0.15, 0.2) is 14.7 Å². The summed E-state index contributed by atoms with van der Waals surface area (Å²) in [6.07, 6.45) is 4.05.